The number of carbonyl (C=O) groups is 1. The second kappa shape index (κ2) is 10.1. The molecule has 0 bridgehead atoms. The van der Waals surface area contributed by atoms with E-state index in [9.17, 15) is 13.2 Å². The molecule has 1 fully saturated rings. The van der Waals surface area contributed by atoms with Gasteiger partial charge >= 0.3 is 0 Å². The number of hydrogen-bond acceptors (Lipinski definition) is 5. The number of amides is 1. The lowest BCUT2D eigenvalue weighted by atomic mass is 10.2. The van der Waals surface area contributed by atoms with Gasteiger partial charge in [0.2, 0.25) is 10.0 Å². The van der Waals surface area contributed by atoms with Crippen molar-refractivity contribution in [3.8, 4) is 0 Å². The van der Waals surface area contributed by atoms with Crippen LogP contribution in [0.3, 0.4) is 0 Å². The Hall–Kier alpha value is -2.40. The molecule has 1 N–H and O–H groups in total. The van der Waals surface area contributed by atoms with Gasteiger partial charge in [-0.15, -0.1) is 0 Å². The predicted octanol–water partition coefficient (Wildman–Crippen LogP) is 4.19. The third-order valence-corrected chi connectivity index (χ3v) is 8.60. The maximum Gasteiger partial charge on any atom is 0.257 e. The molecule has 0 unspecified atom stereocenters. The van der Waals surface area contributed by atoms with Crippen LogP contribution in [0.4, 0.5) is 5.69 Å². The molecule has 34 heavy (non-hydrogen) atoms. The molecule has 1 aliphatic rings. The Labute approximate surface area is 208 Å². The van der Waals surface area contributed by atoms with E-state index in [1.807, 2.05) is 18.5 Å². The van der Waals surface area contributed by atoms with Crippen LogP contribution in [0.1, 0.15) is 47.8 Å². The molecule has 1 aliphatic heterocycles. The molecule has 9 nitrogen and oxygen atoms in total. The van der Waals surface area contributed by atoms with Gasteiger partial charge in [-0.3, -0.25) is 14.2 Å². The van der Waals surface area contributed by atoms with Crippen LogP contribution in [0, 0.1) is 6.92 Å². The second-order valence-electron chi connectivity index (χ2n) is 8.18. The largest absolute Gasteiger partial charge is 0.319 e. The van der Waals surface area contributed by atoms with Crippen molar-refractivity contribution in [1.82, 2.24) is 23.9 Å². The van der Waals surface area contributed by atoms with Crippen LogP contribution >= 0.6 is 23.2 Å². The van der Waals surface area contributed by atoms with Crippen LogP contribution in [-0.4, -0.2) is 51.3 Å². The number of nitrogens with one attached hydrogen (secondary N) is 1. The van der Waals surface area contributed by atoms with E-state index in [4.69, 9.17) is 23.2 Å². The summed E-state index contributed by atoms with van der Waals surface area (Å²) in [5.74, 6) is -0.550. The van der Waals surface area contributed by atoms with Gasteiger partial charge in [-0.05, 0) is 38.8 Å². The van der Waals surface area contributed by atoms with Crippen LogP contribution in [0.15, 0.2) is 35.6 Å². The second-order valence-corrected chi connectivity index (χ2v) is 10.9. The Balaban J connectivity index is 1.53. The van der Waals surface area contributed by atoms with Crippen molar-refractivity contribution in [3.63, 3.8) is 0 Å². The highest BCUT2D eigenvalue weighted by molar-refractivity contribution is 7.89. The van der Waals surface area contributed by atoms with E-state index < -0.39 is 15.9 Å². The standard InChI is InChI=1S/C22H26Cl2N6O3S/c1-3-30-15(2)16(11-26-30)13-28-14-17(12-25-28)27-22(31)18-9-21(20(24)10-19(18)23)34(32,33)29-7-5-4-6-8-29/h9-12,14H,3-8,13H2,1-2H3,(H,27,31). The van der Waals surface area contributed by atoms with E-state index in [1.165, 1.54) is 22.6 Å². The Morgan fingerprint density at radius 1 is 1.09 bits per heavy atom. The van der Waals surface area contributed by atoms with Gasteiger partial charge in [0.25, 0.3) is 5.91 Å². The Morgan fingerprint density at radius 3 is 2.50 bits per heavy atom. The molecule has 1 amide bonds. The average molecular weight is 525 g/mol. The van der Waals surface area contributed by atoms with Crippen LogP contribution < -0.4 is 5.32 Å². The third kappa shape index (κ3) is 5.00. The van der Waals surface area contributed by atoms with Crippen molar-refractivity contribution < 1.29 is 13.2 Å². The van der Waals surface area contributed by atoms with Crippen LogP contribution in [0.2, 0.25) is 10.0 Å². The first kappa shape index (κ1) is 24.7. The summed E-state index contributed by atoms with van der Waals surface area (Å²) < 4.78 is 31.2. The zero-order valence-electron chi connectivity index (χ0n) is 19.0. The molecule has 1 aromatic carbocycles. The van der Waals surface area contributed by atoms with Crippen LogP contribution in [-0.2, 0) is 23.1 Å². The fourth-order valence-corrected chi connectivity index (χ4v) is 6.34. The molecule has 4 rings (SSSR count). The first-order chi connectivity index (χ1) is 16.2. The van der Waals surface area contributed by atoms with E-state index in [-0.39, 0.29) is 20.5 Å². The van der Waals surface area contributed by atoms with Crippen molar-refractivity contribution in [1.29, 1.82) is 0 Å². The molecule has 0 radical (unpaired) electrons. The lowest BCUT2D eigenvalue weighted by Crippen LogP contribution is -2.35. The average Bonchev–Trinajstić information content (AvgIpc) is 3.40. The summed E-state index contributed by atoms with van der Waals surface area (Å²) in [6.07, 6.45) is 7.59. The minimum Gasteiger partial charge on any atom is -0.319 e. The molecule has 3 aromatic rings. The molecule has 182 valence electrons. The molecule has 0 spiro atoms. The van der Waals surface area contributed by atoms with Crippen molar-refractivity contribution in [2.75, 3.05) is 18.4 Å². The van der Waals surface area contributed by atoms with E-state index in [0.717, 1.165) is 37.1 Å². The number of aryl methyl sites for hydroxylation is 1. The monoisotopic (exact) mass is 524 g/mol. The van der Waals surface area contributed by atoms with Crippen molar-refractivity contribution >= 4 is 44.8 Å². The summed E-state index contributed by atoms with van der Waals surface area (Å²) in [6, 6.07) is 2.54. The Kier molecular flexibility index (Phi) is 7.32. The lowest BCUT2D eigenvalue weighted by molar-refractivity contribution is 0.102. The van der Waals surface area contributed by atoms with Crippen LogP contribution in [0.5, 0.6) is 0 Å². The Bertz CT molecular complexity index is 1310. The maximum absolute atomic E-state index is 13.1. The molecule has 3 heterocycles. The molecule has 12 heteroatoms. The molecular formula is C22H26Cl2N6O3S. The molecule has 0 atom stereocenters. The first-order valence-electron chi connectivity index (χ1n) is 11.0. The number of sulfonamides is 1. The SMILES string of the molecule is CCn1ncc(Cn2cc(NC(=O)c3cc(S(=O)(=O)N4CCCCC4)c(Cl)cc3Cl)cn2)c1C. The van der Waals surface area contributed by atoms with Crippen LogP contribution in [0.25, 0.3) is 0 Å². The summed E-state index contributed by atoms with van der Waals surface area (Å²) in [7, 11) is -3.83. The summed E-state index contributed by atoms with van der Waals surface area (Å²) in [4.78, 5) is 12.8. The summed E-state index contributed by atoms with van der Waals surface area (Å²) in [5, 5.41) is 11.4. The minimum atomic E-state index is -3.83. The number of anilines is 1. The van der Waals surface area contributed by atoms with Gasteiger partial charge in [0, 0.05) is 37.1 Å². The lowest BCUT2D eigenvalue weighted by Gasteiger charge is -2.26. The van der Waals surface area contributed by atoms with Gasteiger partial charge in [-0.25, -0.2) is 8.42 Å². The normalized spacial score (nSPS) is 14.9. The van der Waals surface area contributed by atoms with Gasteiger partial charge in [-0.1, -0.05) is 29.6 Å². The zero-order chi connectivity index (χ0) is 24.5. The van der Waals surface area contributed by atoms with E-state index in [1.54, 1.807) is 17.1 Å². The maximum atomic E-state index is 13.1. The van der Waals surface area contributed by atoms with Gasteiger partial charge in [0.05, 0.1) is 40.2 Å². The van der Waals surface area contributed by atoms with Gasteiger partial charge in [0.1, 0.15) is 4.90 Å². The molecular weight excluding hydrogens is 499 g/mol. The highest BCUT2D eigenvalue weighted by atomic mass is 35.5. The topological polar surface area (TPSA) is 102 Å². The first-order valence-corrected chi connectivity index (χ1v) is 13.2. The summed E-state index contributed by atoms with van der Waals surface area (Å²) in [5.41, 5.74) is 2.56. The fourth-order valence-electron chi connectivity index (χ4n) is 3.99. The number of rotatable bonds is 7. The van der Waals surface area contributed by atoms with Crippen molar-refractivity contribution in [2.45, 2.75) is 51.1 Å². The third-order valence-electron chi connectivity index (χ3n) is 5.93. The minimum absolute atomic E-state index is 0.0112. The number of piperidine rings is 1. The van der Waals surface area contributed by atoms with E-state index in [0.29, 0.717) is 25.3 Å². The van der Waals surface area contributed by atoms with Gasteiger partial charge < -0.3 is 5.32 Å². The molecule has 0 saturated carbocycles. The number of nitrogens with zero attached hydrogens (tertiary/aromatic N) is 5. The number of carbonyl (C=O) groups excluding carboxylic acids is 1. The summed E-state index contributed by atoms with van der Waals surface area (Å²) >= 11 is 12.5. The smallest absolute Gasteiger partial charge is 0.257 e. The number of hydrogen-bond donors (Lipinski definition) is 1. The number of benzene rings is 1. The van der Waals surface area contributed by atoms with Crippen molar-refractivity contribution in [3.05, 3.63) is 57.6 Å². The van der Waals surface area contributed by atoms with Crippen molar-refractivity contribution in [2.24, 2.45) is 0 Å². The predicted molar refractivity (Wildman–Crippen MR) is 131 cm³/mol. The quantitative estimate of drug-likeness (QED) is 0.499. The highest BCUT2D eigenvalue weighted by Crippen LogP contribution is 2.32. The summed E-state index contributed by atoms with van der Waals surface area (Å²) in [6.45, 7) is 6.16. The number of halogens is 2. The molecule has 1 saturated heterocycles. The van der Waals surface area contributed by atoms with Gasteiger partial charge in [-0.2, -0.15) is 14.5 Å². The highest BCUT2D eigenvalue weighted by Gasteiger charge is 2.30. The van der Waals surface area contributed by atoms with Gasteiger partial charge in [0.15, 0.2) is 0 Å². The Morgan fingerprint density at radius 2 is 1.82 bits per heavy atom. The molecule has 0 aliphatic carbocycles. The zero-order valence-corrected chi connectivity index (χ0v) is 21.3. The van der Waals surface area contributed by atoms with E-state index >= 15 is 0 Å². The molecule has 2 aromatic heterocycles. The van der Waals surface area contributed by atoms with E-state index in [2.05, 4.69) is 15.5 Å². The fraction of sp³-hybridized carbons (Fsp3) is 0.409. The number of aromatic nitrogens is 4.